The SMILES string of the molecule is Cc1nc2ccc(CNC(=O)Cc3ccc(F)cc3)cc2[nH]1. The van der Waals surface area contributed by atoms with Crippen LogP contribution >= 0.6 is 0 Å². The molecule has 1 heterocycles. The number of amides is 1. The highest BCUT2D eigenvalue weighted by Crippen LogP contribution is 2.13. The minimum Gasteiger partial charge on any atom is -0.352 e. The zero-order valence-corrected chi connectivity index (χ0v) is 12.2. The zero-order chi connectivity index (χ0) is 15.5. The summed E-state index contributed by atoms with van der Waals surface area (Å²) in [6.07, 6.45) is 0.242. The zero-order valence-electron chi connectivity index (χ0n) is 12.2. The molecule has 0 saturated heterocycles. The topological polar surface area (TPSA) is 57.8 Å². The van der Waals surface area contributed by atoms with E-state index in [1.807, 2.05) is 25.1 Å². The molecule has 1 amide bonds. The van der Waals surface area contributed by atoms with Crippen molar-refractivity contribution in [3.8, 4) is 0 Å². The molecule has 3 aromatic rings. The lowest BCUT2D eigenvalue weighted by Crippen LogP contribution is -2.24. The van der Waals surface area contributed by atoms with Gasteiger partial charge in [-0.3, -0.25) is 4.79 Å². The molecule has 0 aliphatic heterocycles. The van der Waals surface area contributed by atoms with Crippen molar-refractivity contribution in [3.05, 3.63) is 65.2 Å². The molecule has 0 fully saturated rings. The van der Waals surface area contributed by atoms with Gasteiger partial charge < -0.3 is 10.3 Å². The van der Waals surface area contributed by atoms with Crippen molar-refractivity contribution < 1.29 is 9.18 Å². The van der Waals surface area contributed by atoms with Crippen molar-refractivity contribution in [2.75, 3.05) is 0 Å². The Balaban J connectivity index is 1.60. The van der Waals surface area contributed by atoms with Gasteiger partial charge in [-0.15, -0.1) is 0 Å². The van der Waals surface area contributed by atoms with Crippen LogP contribution < -0.4 is 5.32 Å². The van der Waals surface area contributed by atoms with Crippen molar-refractivity contribution in [1.29, 1.82) is 0 Å². The number of fused-ring (bicyclic) bond motifs is 1. The lowest BCUT2D eigenvalue weighted by Gasteiger charge is -2.06. The number of hydrogen-bond acceptors (Lipinski definition) is 2. The molecular formula is C17H16FN3O. The largest absolute Gasteiger partial charge is 0.352 e. The molecule has 0 radical (unpaired) electrons. The Hall–Kier alpha value is -2.69. The first-order valence-corrected chi connectivity index (χ1v) is 7.06. The van der Waals surface area contributed by atoms with E-state index < -0.39 is 0 Å². The lowest BCUT2D eigenvalue weighted by atomic mass is 10.1. The molecule has 0 bridgehead atoms. The number of aromatic amines is 1. The van der Waals surface area contributed by atoms with Crippen LogP contribution in [0.15, 0.2) is 42.5 Å². The van der Waals surface area contributed by atoms with E-state index in [-0.39, 0.29) is 18.1 Å². The van der Waals surface area contributed by atoms with E-state index in [4.69, 9.17) is 0 Å². The Labute approximate surface area is 127 Å². The second-order valence-electron chi connectivity index (χ2n) is 5.25. The van der Waals surface area contributed by atoms with Crippen LogP contribution in [-0.4, -0.2) is 15.9 Å². The van der Waals surface area contributed by atoms with Crippen molar-refractivity contribution in [2.24, 2.45) is 0 Å². The Bertz CT molecular complexity index is 808. The molecule has 0 aliphatic carbocycles. The number of aryl methyl sites for hydroxylation is 1. The maximum atomic E-state index is 12.8. The average Bonchev–Trinajstić information content (AvgIpc) is 2.87. The maximum absolute atomic E-state index is 12.8. The van der Waals surface area contributed by atoms with Crippen LogP contribution in [0.25, 0.3) is 11.0 Å². The minimum atomic E-state index is -0.299. The quantitative estimate of drug-likeness (QED) is 0.778. The predicted molar refractivity (Wildman–Crippen MR) is 82.8 cm³/mol. The fourth-order valence-electron chi connectivity index (χ4n) is 2.35. The van der Waals surface area contributed by atoms with E-state index in [1.165, 1.54) is 12.1 Å². The second-order valence-corrected chi connectivity index (χ2v) is 5.25. The number of rotatable bonds is 4. The number of benzene rings is 2. The Kier molecular flexibility index (Phi) is 3.87. The fourth-order valence-corrected chi connectivity index (χ4v) is 2.35. The molecule has 0 aliphatic rings. The smallest absolute Gasteiger partial charge is 0.224 e. The summed E-state index contributed by atoms with van der Waals surface area (Å²) in [6, 6.07) is 11.8. The van der Waals surface area contributed by atoms with Gasteiger partial charge in [0.05, 0.1) is 17.5 Å². The van der Waals surface area contributed by atoms with Crippen LogP contribution in [-0.2, 0) is 17.8 Å². The van der Waals surface area contributed by atoms with Crippen LogP contribution in [0.1, 0.15) is 17.0 Å². The summed E-state index contributed by atoms with van der Waals surface area (Å²) in [4.78, 5) is 19.4. The van der Waals surface area contributed by atoms with Crippen molar-refractivity contribution in [1.82, 2.24) is 15.3 Å². The number of nitrogens with zero attached hydrogens (tertiary/aromatic N) is 1. The molecule has 0 unspecified atom stereocenters. The normalized spacial score (nSPS) is 10.8. The van der Waals surface area contributed by atoms with Crippen LogP contribution in [0, 0.1) is 12.7 Å². The van der Waals surface area contributed by atoms with Crippen LogP contribution in [0.4, 0.5) is 4.39 Å². The second kappa shape index (κ2) is 5.97. The molecule has 3 rings (SSSR count). The van der Waals surface area contributed by atoms with Gasteiger partial charge >= 0.3 is 0 Å². The molecule has 22 heavy (non-hydrogen) atoms. The highest BCUT2D eigenvalue weighted by atomic mass is 19.1. The van der Waals surface area contributed by atoms with E-state index in [1.54, 1.807) is 12.1 Å². The Morgan fingerprint density at radius 3 is 2.68 bits per heavy atom. The Morgan fingerprint density at radius 1 is 1.18 bits per heavy atom. The number of aromatic nitrogens is 2. The summed E-state index contributed by atoms with van der Waals surface area (Å²) in [5.41, 5.74) is 3.67. The van der Waals surface area contributed by atoms with Gasteiger partial charge in [0.15, 0.2) is 0 Å². The molecule has 0 spiro atoms. The van der Waals surface area contributed by atoms with Gasteiger partial charge in [-0.2, -0.15) is 0 Å². The van der Waals surface area contributed by atoms with Crippen LogP contribution in [0.3, 0.4) is 0 Å². The molecule has 4 nitrogen and oxygen atoms in total. The van der Waals surface area contributed by atoms with E-state index in [9.17, 15) is 9.18 Å². The molecule has 2 N–H and O–H groups in total. The minimum absolute atomic E-state index is 0.0903. The van der Waals surface area contributed by atoms with Gasteiger partial charge in [-0.25, -0.2) is 9.37 Å². The third-order valence-corrected chi connectivity index (χ3v) is 3.43. The number of hydrogen-bond donors (Lipinski definition) is 2. The third-order valence-electron chi connectivity index (χ3n) is 3.43. The van der Waals surface area contributed by atoms with E-state index in [2.05, 4.69) is 15.3 Å². The van der Waals surface area contributed by atoms with Crippen molar-refractivity contribution >= 4 is 16.9 Å². The summed E-state index contributed by atoms with van der Waals surface area (Å²) in [6.45, 7) is 2.36. The van der Waals surface area contributed by atoms with Gasteiger partial charge in [-0.1, -0.05) is 18.2 Å². The summed E-state index contributed by atoms with van der Waals surface area (Å²) in [5, 5.41) is 2.87. The summed E-state index contributed by atoms with van der Waals surface area (Å²) in [7, 11) is 0. The summed E-state index contributed by atoms with van der Waals surface area (Å²) >= 11 is 0. The Morgan fingerprint density at radius 2 is 1.91 bits per heavy atom. The summed E-state index contributed by atoms with van der Waals surface area (Å²) in [5.74, 6) is 0.479. The molecule has 5 heteroatoms. The van der Waals surface area contributed by atoms with Gasteiger partial charge in [0.2, 0.25) is 5.91 Å². The van der Waals surface area contributed by atoms with Crippen molar-refractivity contribution in [3.63, 3.8) is 0 Å². The number of carbonyl (C=O) groups is 1. The van der Waals surface area contributed by atoms with Crippen LogP contribution in [0.5, 0.6) is 0 Å². The highest BCUT2D eigenvalue weighted by Gasteiger charge is 2.05. The lowest BCUT2D eigenvalue weighted by molar-refractivity contribution is -0.120. The summed E-state index contributed by atoms with van der Waals surface area (Å²) < 4.78 is 12.8. The number of nitrogens with one attached hydrogen (secondary N) is 2. The molecule has 0 atom stereocenters. The molecule has 112 valence electrons. The fraction of sp³-hybridized carbons (Fsp3) is 0.176. The first-order valence-electron chi connectivity index (χ1n) is 7.06. The third kappa shape index (κ3) is 3.31. The predicted octanol–water partition coefficient (Wildman–Crippen LogP) is 2.87. The number of imidazole rings is 1. The molecular weight excluding hydrogens is 281 g/mol. The van der Waals surface area contributed by atoms with E-state index >= 15 is 0 Å². The molecule has 0 saturated carbocycles. The molecule has 1 aromatic heterocycles. The standard InChI is InChI=1S/C17H16FN3O/c1-11-20-15-7-4-13(8-16(15)21-11)10-19-17(22)9-12-2-5-14(18)6-3-12/h2-8H,9-10H2,1H3,(H,19,22)(H,20,21). The number of carbonyl (C=O) groups excluding carboxylic acids is 1. The first kappa shape index (κ1) is 14.3. The van der Waals surface area contributed by atoms with E-state index in [0.29, 0.717) is 6.54 Å². The highest BCUT2D eigenvalue weighted by molar-refractivity contribution is 5.79. The van der Waals surface area contributed by atoms with Crippen molar-refractivity contribution in [2.45, 2.75) is 19.9 Å². The average molecular weight is 297 g/mol. The van der Waals surface area contributed by atoms with Gasteiger partial charge in [0.1, 0.15) is 11.6 Å². The first-order chi connectivity index (χ1) is 10.6. The van der Waals surface area contributed by atoms with E-state index in [0.717, 1.165) is 28.0 Å². The number of halogens is 1. The monoisotopic (exact) mass is 297 g/mol. The van der Waals surface area contributed by atoms with Crippen LogP contribution in [0.2, 0.25) is 0 Å². The molecule has 2 aromatic carbocycles. The van der Waals surface area contributed by atoms with Gasteiger partial charge in [-0.05, 0) is 42.3 Å². The van der Waals surface area contributed by atoms with Gasteiger partial charge in [0, 0.05) is 6.54 Å². The maximum Gasteiger partial charge on any atom is 0.224 e. The van der Waals surface area contributed by atoms with Gasteiger partial charge in [0.25, 0.3) is 0 Å². The number of H-pyrrole nitrogens is 1.